The molecular formula is C17H22N2O4. The van der Waals surface area contributed by atoms with Gasteiger partial charge in [-0.05, 0) is 47.0 Å². The van der Waals surface area contributed by atoms with E-state index in [4.69, 9.17) is 0 Å². The van der Waals surface area contributed by atoms with E-state index in [9.17, 15) is 19.2 Å². The third-order valence-corrected chi connectivity index (χ3v) is 4.65. The fourth-order valence-electron chi connectivity index (χ4n) is 2.76. The Hall–Kier alpha value is -2.24. The second kappa shape index (κ2) is 6.48. The third kappa shape index (κ3) is 2.98. The van der Waals surface area contributed by atoms with Gasteiger partial charge in [-0.1, -0.05) is 0 Å². The van der Waals surface area contributed by atoms with Gasteiger partial charge in [0.2, 0.25) is 0 Å². The molecule has 0 aromatic heterocycles. The quantitative estimate of drug-likeness (QED) is 0.550. The summed E-state index contributed by atoms with van der Waals surface area (Å²) in [7, 11) is 0. The van der Waals surface area contributed by atoms with Crippen LogP contribution in [0.25, 0.3) is 0 Å². The smallest absolute Gasteiger partial charge is 0.256 e. The Morgan fingerprint density at radius 2 is 0.783 bits per heavy atom. The molecule has 0 N–H and O–H groups in total. The summed E-state index contributed by atoms with van der Waals surface area (Å²) in [5, 5.41) is 0. The molecule has 0 aromatic rings. The predicted octanol–water partition coefficient (Wildman–Crippen LogP) is 1.57. The largest absolute Gasteiger partial charge is 0.275 e. The molecule has 6 nitrogen and oxygen atoms in total. The maximum atomic E-state index is 11.9. The van der Waals surface area contributed by atoms with Gasteiger partial charge in [-0.25, -0.2) is 0 Å². The van der Waals surface area contributed by atoms with E-state index in [-0.39, 0.29) is 23.6 Å². The van der Waals surface area contributed by atoms with Gasteiger partial charge in [-0.2, -0.15) is 0 Å². The highest BCUT2D eigenvalue weighted by Crippen LogP contribution is 2.22. The van der Waals surface area contributed by atoms with Crippen LogP contribution < -0.4 is 0 Å². The second-order valence-corrected chi connectivity index (χ2v) is 6.08. The maximum absolute atomic E-state index is 11.9. The van der Waals surface area contributed by atoms with Crippen molar-refractivity contribution >= 4 is 23.6 Å². The Balaban J connectivity index is 1.74. The van der Waals surface area contributed by atoms with Crippen molar-refractivity contribution in [3.05, 3.63) is 22.3 Å². The van der Waals surface area contributed by atoms with Crippen LogP contribution in [0.2, 0.25) is 0 Å². The first-order valence-corrected chi connectivity index (χ1v) is 7.84. The van der Waals surface area contributed by atoms with Gasteiger partial charge in [-0.3, -0.25) is 29.0 Å². The summed E-state index contributed by atoms with van der Waals surface area (Å²) in [6.07, 6.45) is 2.07. The molecule has 0 saturated heterocycles. The zero-order valence-electron chi connectivity index (χ0n) is 14.1. The topological polar surface area (TPSA) is 74.8 Å². The summed E-state index contributed by atoms with van der Waals surface area (Å²) in [5.41, 5.74) is 2.06. The summed E-state index contributed by atoms with van der Waals surface area (Å²) in [4.78, 5) is 50.1. The van der Waals surface area contributed by atoms with Gasteiger partial charge in [0.15, 0.2) is 0 Å². The van der Waals surface area contributed by atoms with E-state index in [0.717, 1.165) is 6.42 Å². The molecule has 0 radical (unpaired) electrons. The van der Waals surface area contributed by atoms with E-state index in [1.165, 1.54) is 9.80 Å². The van der Waals surface area contributed by atoms with Crippen molar-refractivity contribution < 1.29 is 19.2 Å². The van der Waals surface area contributed by atoms with Crippen LogP contribution in [-0.2, 0) is 19.2 Å². The van der Waals surface area contributed by atoms with Crippen molar-refractivity contribution in [3.8, 4) is 0 Å². The molecule has 0 aromatic carbocycles. The van der Waals surface area contributed by atoms with Gasteiger partial charge in [0.25, 0.3) is 23.6 Å². The van der Waals surface area contributed by atoms with Gasteiger partial charge in [0.1, 0.15) is 0 Å². The molecule has 2 heterocycles. The van der Waals surface area contributed by atoms with Gasteiger partial charge in [0.05, 0.1) is 0 Å². The standard InChI is InChI=1S/C17H22N2O4/c1-10-11(2)15(21)18(14(10)20)8-6-5-7-9-19-16(22)12(3)13(4)17(19)23/h5-9H2,1-4H3. The lowest BCUT2D eigenvalue weighted by Gasteiger charge is -2.16. The van der Waals surface area contributed by atoms with Crippen LogP contribution >= 0.6 is 0 Å². The molecule has 2 aliphatic heterocycles. The van der Waals surface area contributed by atoms with Crippen LogP contribution in [0.5, 0.6) is 0 Å². The molecule has 0 spiro atoms. The van der Waals surface area contributed by atoms with E-state index in [1.807, 2.05) is 0 Å². The van der Waals surface area contributed by atoms with Crippen molar-refractivity contribution in [2.45, 2.75) is 47.0 Å². The summed E-state index contributed by atoms with van der Waals surface area (Å²) in [5.74, 6) is -0.860. The Labute approximate surface area is 135 Å². The molecular weight excluding hydrogens is 296 g/mol. The second-order valence-electron chi connectivity index (χ2n) is 6.08. The molecule has 0 fully saturated rings. The molecule has 0 atom stereocenters. The first-order chi connectivity index (χ1) is 10.8. The highest BCUT2D eigenvalue weighted by molar-refractivity contribution is 6.19. The molecule has 0 unspecified atom stereocenters. The monoisotopic (exact) mass is 318 g/mol. The molecule has 124 valence electrons. The van der Waals surface area contributed by atoms with Crippen molar-refractivity contribution in [1.29, 1.82) is 0 Å². The lowest BCUT2D eigenvalue weighted by atomic mass is 10.2. The molecule has 0 saturated carbocycles. The maximum Gasteiger partial charge on any atom is 0.256 e. The fraction of sp³-hybridized carbons (Fsp3) is 0.529. The van der Waals surface area contributed by atoms with E-state index < -0.39 is 0 Å². The number of carbonyl (C=O) groups is 4. The minimum atomic E-state index is -0.215. The Bertz CT molecular complexity index is 554. The number of amides is 4. The number of hydrogen-bond donors (Lipinski definition) is 0. The lowest BCUT2D eigenvalue weighted by molar-refractivity contribution is -0.138. The normalized spacial score (nSPS) is 19.1. The molecule has 2 aliphatic rings. The van der Waals surface area contributed by atoms with E-state index in [2.05, 4.69) is 0 Å². The molecule has 0 bridgehead atoms. The van der Waals surface area contributed by atoms with Crippen molar-refractivity contribution in [2.75, 3.05) is 13.1 Å². The minimum Gasteiger partial charge on any atom is -0.275 e. The highest BCUT2D eigenvalue weighted by atomic mass is 16.2. The summed E-state index contributed by atoms with van der Waals surface area (Å²) >= 11 is 0. The van der Waals surface area contributed by atoms with Crippen molar-refractivity contribution in [1.82, 2.24) is 9.80 Å². The molecule has 4 amide bonds. The van der Waals surface area contributed by atoms with E-state index >= 15 is 0 Å². The Morgan fingerprint density at radius 1 is 0.522 bits per heavy atom. The zero-order valence-corrected chi connectivity index (χ0v) is 14.1. The van der Waals surface area contributed by atoms with Crippen LogP contribution in [0.1, 0.15) is 47.0 Å². The van der Waals surface area contributed by atoms with Gasteiger partial charge >= 0.3 is 0 Å². The van der Waals surface area contributed by atoms with E-state index in [0.29, 0.717) is 48.2 Å². The van der Waals surface area contributed by atoms with Crippen molar-refractivity contribution in [3.63, 3.8) is 0 Å². The summed E-state index contributed by atoms with van der Waals surface area (Å²) < 4.78 is 0. The number of carbonyl (C=O) groups excluding carboxylic acids is 4. The summed E-state index contributed by atoms with van der Waals surface area (Å²) in [6, 6.07) is 0. The van der Waals surface area contributed by atoms with Crippen LogP contribution in [-0.4, -0.2) is 46.5 Å². The van der Waals surface area contributed by atoms with Crippen LogP contribution in [0.4, 0.5) is 0 Å². The average Bonchev–Trinajstić information content (AvgIpc) is 2.83. The van der Waals surface area contributed by atoms with Gasteiger partial charge in [-0.15, -0.1) is 0 Å². The predicted molar refractivity (Wildman–Crippen MR) is 84.0 cm³/mol. The van der Waals surface area contributed by atoms with Gasteiger partial charge < -0.3 is 0 Å². The zero-order chi connectivity index (χ0) is 17.3. The molecule has 2 rings (SSSR count). The number of unbranched alkanes of at least 4 members (excludes halogenated alkanes) is 2. The van der Waals surface area contributed by atoms with Crippen LogP contribution in [0.15, 0.2) is 22.3 Å². The average molecular weight is 318 g/mol. The number of nitrogens with zero attached hydrogens (tertiary/aromatic N) is 2. The SMILES string of the molecule is CC1=C(C)C(=O)N(CCCCCN2C(=O)C(C)=C(C)C2=O)C1=O. The third-order valence-electron chi connectivity index (χ3n) is 4.65. The Morgan fingerprint density at radius 3 is 1.04 bits per heavy atom. The number of rotatable bonds is 6. The first kappa shape index (κ1) is 17.1. The minimum absolute atomic E-state index is 0.215. The van der Waals surface area contributed by atoms with E-state index in [1.54, 1.807) is 27.7 Å². The van der Waals surface area contributed by atoms with Crippen LogP contribution in [0.3, 0.4) is 0 Å². The lowest BCUT2D eigenvalue weighted by Crippen LogP contribution is -2.33. The van der Waals surface area contributed by atoms with Gasteiger partial charge in [0, 0.05) is 35.4 Å². The molecule has 6 heteroatoms. The molecule has 23 heavy (non-hydrogen) atoms. The number of imide groups is 2. The Kier molecular flexibility index (Phi) is 4.82. The van der Waals surface area contributed by atoms with Crippen molar-refractivity contribution in [2.24, 2.45) is 0 Å². The number of hydrogen-bond acceptors (Lipinski definition) is 4. The van der Waals surface area contributed by atoms with Crippen LogP contribution in [0, 0.1) is 0 Å². The first-order valence-electron chi connectivity index (χ1n) is 7.84. The highest BCUT2D eigenvalue weighted by Gasteiger charge is 2.33. The molecule has 0 aliphatic carbocycles. The fourth-order valence-corrected chi connectivity index (χ4v) is 2.76. The summed E-state index contributed by atoms with van der Waals surface area (Å²) in [6.45, 7) is 7.42.